The predicted molar refractivity (Wildman–Crippen MR) is 83.4 cm³/mol. The minimum absolute atomic E-state index is 0.0955. The van der Waals surface area contributed by atoms with Crippen LogP contribution in [0.1, 0.15) is 55.8 Å². The number of hydrogen-bond acceptors (Lipinski definition) is 6. The van der Waals surface area contributed by atoms with E-state index in [0.29, 0.717) is 5.57 Å². The van der Waals surface area contributed by atoms with E-state index in [0.717, 1.165) is 6.42 Å². The number of carbonyl (C=O) groups is 1. The Kier molecular flexibility index (Phi) is 4.39. The summed E-state index contributed by atoms with van der Waals surface area (Å²) in [7, 11) is 0. The largest absolute Gasteiger partial charge is 0.506 e. The van der Waals surface area contributed by atoms with E-state index in [2.05, 4.69) is 0 Å². The molecule has 0 spiro atoms. The van der Waals surface area contributed by atoms with Gasteiger partial charge in [-0.25, -0.2) is 9.59 Å². The summed E-state index contributed by atoms with van der Waals surface area (Å²) >= 11 is 0. The molecule has 0 aromatic carbocycles. The third-order valence-corrected chi connectivity index (χ3v) is 4.32. The Morgan fingerprint density at radius 1 is 1.43 bits per heavy atom. The van der Waals surface area contributed by atoms with E-state index < -0.39 is 29.0 Å². The third kappa shape index (κ3) is 2.79. The summed E-state index contributed by atoms with van der Waals surface area (Å²) in [5, 5.41) is 20.9. The topological polar surface area (TPSA) is 97.0 Å². The molecule has 1 aliphatic rings. The van der Waals surface area contributed by atoms with Crippen LogP contribution in [0.3, 0.4) is 0 Å². The van der Waals surface area contributed by atoms with E-state index in [1.165, 1.54) is 13.8 Å². The summed E-state index contributed by atoms with van der Waals surface area (Å²) in [6.45, 7) is 8.51. The van der Waals surface area contributed by atoms with Gasteiger partial charge in [-0.15, -0.1) is 0 Å². The first kappa shape index (κ1) is 17.3. The number of allylic oxidation sites excluding steroid dienone is 1. The molecule has 0 radical (unpaired) electrons. The molecular weight excluding hydrogens is 300 g/mol. The molecule has 1 aromatic rings. The molecule has 3 atom stereocenters. The first-order chi connectivity index (χ1) is 10.6. The minimum Gasteiger partial charge on any atom is -0.506 e. The van der Waals surface area contributed by atoms with Gasteiger partial charge in [0.2, 0.25) is 0 Å². The molecule has 0 saturated heterocycles. The fourth-order valence-corrected chi connectivity index (χ4v) is 2.75. The highest BCUT2D eigenvalue weighted by molar-refractivity contribution is 5.95. The maximum atomic E-state index is 12.2. The second-order valence-corrected chi connectivity index (χ2v) is 6.30. The van der Waals surface area contributed by atoms with Gasteiger partial charge < -0.3 is 19.4 Å². The molecule has 0 bridgehead atoms. The predicted octanol–water partition coefficient (Wildman–Crippen LogP) is 2.39. The Morgan fingerprint density at radius 2 is 2.04 bits per heavy atom. The second-order valence-electron chi connectivity index (χ2n) is 6.30. The molecule has 126 valence electrons. The molecule has 6 nitrogen and oxygen atoms in total. The highest BCUT2D eigenvalue weighted by atomic mass is 16.6. The SMILES string of the molecule is CC[C@@H](C)C=C(C)[C@@H]1OC(=O)c2c(oc(=O)c(C)c2O)[C@]1(C)O. The smallest absolute Gasteiger partial charge is 0.346 e. The van der Waals surface area contributed by atoms with Crippen LogP contribution < -0.4 is 5.63 Å². The Bertz CT molecular complexity index is 725. The average Bonchev–Trinajstić information content (AvgIpc) is 2.47. The summed E-state index contributed by atoms with van der Waals surface area (Å²) < 4.78 is 10.4. The van der Waals surface area contributed by atoms with Crippen molar-refractivity contribution in [3.63, 3.8) is 0 Å². The molecule has 1 aromatic heterocycles. The zero-order valence-electron chi connectivity index (χ0n) is 14.0. The van der Waals surface area contributed by atoms with Crippen molar-refractivity contribution in [3.05, 3.63) is 39.0 Å². The van der Waals surface area contributed by atoms with Crippen LogP contribution in [-0.4, -0.2) is 22.3 Å². The summed E-state index contributed by atoms with van der Waals surface area (Å²) in [5.74, 6) is -1.35. The van der Waals surface area contributed by atoms with E-state index in [1.54, 1.807) is 6.92 Å². The summed E-state index contributed by atoms with van der Waals surface area (Å²) in [6, 6.07) is 0. The van der Waals surface area contributed by atoms with Crippen molar-refractivity contribution in [2.24, 2.45) is 5.92 Å². The second kappa shape index (κ2) is 5.85. The zero-order chi connectivity index (χ0) is 17.5. The van der Waals surface area contributed by atoms with Crippen molar-refractivity contribution in [2.75, 3.05) is 0 Å². The summed E-state index contributed by atoms with van der Waals surface area (Å²) in [4.78, 5) is 24.0. The van der Waals surface area contributed by atoms with Crippen molar-refractivity contribution in [2.45, 2.75) is 52.7 Å². The van der Waals surface area contributed by atoms with E-state index >= 15 is 0 Å². The number of ether oxygens (including phenoxy) is 1. The van der Waals surface area contributed by atoms with Gasteiger partial charge in [-0.3, -0.25) is 0 Å². The molecule has 6 heteroatoms. The van der Waals surface area contributed by atoms with Gasteiger partial charge in [-0.05, 0) is 32.3 Å². The maximum Gasteiger partial charge on any atom is 0.346 e. The monoisotopic (exact) mass is 322 g/mol. The van der Waals surface area contributed by atoms with Gasteiger partial charge in [0.15, 0.2) is 17.5 Å². The number of aliphatic hydroxyl groups is 1. The molecular formula is C17H22O6. The first-order valence-electron chi connectivity index (χ1n) is 7.60. The number of cyclic esters (lactones) is 1. The number of esters is 1. The van der Waals surface area contributed by atoms with Crippen LogP contribution in [0.5, 0.6) is 5.75 Å². The fraction of sp³-hybridized carbons (Fsp3) is 0.529. The molecule has 2 N–H and O–H groups in total. The van der Waals surface area contributed by atoms with Gasteiger partial charge in [0, 0.05) is 0 Å². The first-order valence-corrected chi connectivity index (χ1v) is 7.60. The average molecular weight is 322 g/mol. The number of aromatic hydroxyl groups is 1. The highest BCUT2D eigenvalue weighted by Crippen LogP contribution is 2.41. The van der Waals surface area contributed by atoms with Crippen molar-refractivity contribution in [3.8, 4) is 5.75 Å². The van der Waals surface area contributed by atoms with Crippen LogP contribution in [0.4, 0.5) is 0 Å². The summed E-state index contributed by atoms with van der Waals surface area (Å²) in [5.41, 5.74) is -2.27. The normalized spacial score (nSPS) is 25.7. The minimum atomic E-state index is -1.75. The Morgan fingerprint density at radius 3 is 2.61 bits per heavy atom. The van der Waals surface area contributed by atoms with Crippen molar-refractivity contribution < 1.29 is 24.2 Å². The van der Waals surface area contributed by atoms with E-state index in [4.69, 9.17) is 9.15 Å². The molecule has 2 rings (SSSR count). The van der Waals surface area contributed by atoms with Gasteiger partial charge in [0.05, 0.1) is 5.56 Å². The Balaban J connectivity index is 2.62. The molecule has 0 aliphatic carbocycles. The van der Waals surface area contributed by atoms with Crippen LogP contribution in [0.15, 0.2) is 20.9 Å². The molecule has 1 aliphatic heterocycles. The molecule has 0 amide bonds. The lowest BCUT2D eigenvalue weighted by Gasteiger charge is -2.37. The van der Waals surface area contributed by atoms with E-state index in [-0.39, 0.29) is 22.8 Å². The molecule has 23 heavy (non-hydrogen) atoms. The van der Waals surface area contributed by atoms with Crippen molar-refractivity contribution in [1.82, 2.24) is 0 Å². The summed E-state index contributed by atoms with van der Waals surface area (Å²) in [6.07, 6.45) is 1.82. The number of rotatable bonds is 3. The molecule has 2 heterocycles. The zero-order valence-corrected chi connectivity index (χ0v) is 14.0. The number of carbonyl (C=O) groups excluding carboxylic acids is 1. The van der Waals surface area contributed by atoms with E-state index in [1.807, 2.05) is 19.9 Å². The Labute approximate surface area is 134 Å². The Hall–Kier alpha value is -2.08. The quantitative estimate of drug-likeness (QED) is 0.655. The van der Waals surface area contributed by atoms with Gasteiger partial charge in [0.25, 0.3) is 0 Å². The third-order valence-electron chi connectivity index (χ3n) is 4.32. The van der Waals surface area contributed by atoms with Crippen LogP contribution in [-0.2, 0) is 10.3 Å². The maximum absolute atomic E-state index is 12.2. The van der Waals surface area contributed by atoms with Crippen LogP contribution in [0, 0.1) is 12.8 Å². The van der Waals surface area contributed by atoms with Gasteiger partial charge >= 0.3 is 11.6 Å². The van der Waals surface area contributed by atoms with Crippen LogP contribution in [0.2, 0.25) is 0 Å². The van der Waals surface area contributed by atoms with Crippen molar-refractivity contribution in [1.29, 1.82) is 0 Å². The molecule has 0 saturated carbocycles. The van der Waals surface area contributed by atoms with Gasteiger partial charge in [-0.1, -0.05) is 26.3 Å². The van der Waals surface area contributed by atoms with Gasteiger partial charge in [-0.2, -0.15) is 0 Å². The lowest BCUT2D eigenvalue weighted by Crippen LogP contribution is -2.46. The van der Waals surface area contributed by atoms with Crippen molar-refractivity contribution >= 4 is 5.97 Å². The lowest BCUT2D eigenvalue weighted by atomic mass is 9.84. The van der Waals surface area contributed by atoms with Crippen LogP contribution >= 0.6 is 0 Å². The number of hydrogen-bond donors (Lipinski definition) is 2. The lowest BCUT2D eigenvalue weighted by molar-refractivity contribution is -0.0881. The fourth-order valence-electron chi connectivity index (χ4n) is 2.75. The molecule has 0 fully saturated rings. The standard InChI is InChI=1S/C17H22O6/c1-6-8(2)7-9(3)13-17(5,21)14-11(16(20)22-13)12(18)10(4)15(19)23-14/h7-8,13,18,21H,6H2,1-5H3/t8-,13+,17-/m1/s1. The number of fused-ring (bicyclic) bond motifs is 1. The van der Waals surface area contributed by atoms with Crippen LogP contribution in [0.25, 0.3) is 0 Å². The highest BCUT2D eigenvalue weighted by Gasteiger charge is 2.49. The molecule has 0 unspecified atom stereocenters. The van der Waals surface area contributed by atoms with Gasteiger partial charge in [0.1, 0.15) is 11.3 Å². The van der Waals surface area contributed by atoms with E-state index in [9.17, 15) is 19.8 Å².